The van der Waals surface area contributed by atoms with Crippen LogP contribution >= 0.6 is 0 Å². The Labute approximate surface area is 199 Å². The molecule has 1 aromatic heterocycles. The fraction of sp³-hybridized carbons (Fsp3) is 0.200. The highest BCUT2D eigenvalue weighted by Gasteiger charge is 2.30. The summed E-state index contributed by atoms with van der Waals surface area (Å²) in [5.74, 6) is 1.91. The summed E-state index contributed by atoms with van der Waals surface area (Å²) in [6.45, 7) is 0.533. The number of rotatable bonds is 8. The molecule has 4 aromatic rings. The Bertz CT molecular complexity index is 1310. The van der Waals surface area contributed by atoms with Crippen molar-refractivity contribution < 1.29 is 27.8 Å². The normalized spacial score (nSPS) is 11.3. The lowest BCUT2D eigenvalue weighted by Crippen LogP contribution is -2.09. The average Bonchev–Trinajstić information content (AvgIpc) is 2.84. The van der Waals surface area contributed by atoms with Gasteiger partial charge in [0.25, 0.3) is 0 Å². The summed E-state index contributed by atoms with van der Waals surface area (Å²) in [7, 11) is 3.05. The van der Waals surface area contributed by atoms with Gasteiger partial charge in [0.2, 0.25) is 5.95 Å². The van der Waals surface area contributed by atoms with E-state index < -0.39 is 11.7 Å². The number of nitrogens with zero attached hydrogens (tertiary/aromatic N) is 2. The average molecular weight is 484 g/mol. The van der Waals surface area contributed by atoms with Gasteiger partial charge >= 0.3 is 6.18 Å². The molecule has 1 heterocycles. The second-order valence-electron chi connectivity index (χ2n) is 7.66. The Morgan fingerprint density at radius 2 is 1.54 bits per heavy atom. The number of alkyl halides is 3. The SMILES string of the molecule is COc1cc2nc(Nc3ccc(C(F)(F)F)cc3)nc(NCCc3ccc(O)cc3)c2cc1OC. The van der Waals surface area contributed by atoms with Crippen LogP contribution in [0.2, 0.25) is 0 Å². The zero-order chi connectivity index (χ0) is 25.0. The van der Waals surface area contributed by atoms with Crippen molar-refractivity contribution >= 4 is 28.4 Å². The maximum Gasteiger partial charge on any atom is 0.416 e. The third-order valence-corrected chi connectivity index (χ3v) is 5.31. The van der Waals surface area contributed by atoms with Crippen LogP contribution in [0, 0.1) is 0 Å². The lowest BCUT2D eigenvalue weighted by Gasteiger charge is -2.15. The summed E-state index contributed by atoms with van der Waals surface area (Å²) in [6, 6.07) is 15.0. The Morgan fingerprint density at radius 1 is 0.886 bits per heavy atom. The van der Waals surface area contributed by atoms with E-state index in [1.807, 2.05) is 12.1 Å². The summed E-state index contributed by atoms with van der Waals surface area (Å²) in [5.41, 5.74) is 1.25. The predicted molar refractivity (Wildman–Crippen MR) is 128 cm³/mol. The van der Waals surface area contributed by atoms with E-state index in [0.29, 0.717) is 46.9 Å². The molecule has 0 saturated carbocycles. The molecular formula is C25H23F3N4O3. The van der Waals surface area contributed by atoms with Crippen molar-refractivity contribution in [1.82, 2.24) is 9.97 Å². The first-order valence-corrected chi connectivity index (χ1v) is 10.7. The highest BCUT2D eigenvalue weighted by Crippen LogP contribution is 2.35. The minimum Gasteiger partial charge on any atom is -0.508 e. The van der Waals surface area contributed by atoms with E-state index >= 15 is 0 Å². The molecule has 10 heteroatoms. The van der Waals surface area contributed by atoms with E-state index in [1.165, 1.54) is 26.4 Å². The van der Waals surface area contributed by atoms with Crippen molar-refractivity contribution in [3.63, 3.8) is 0 Å². The molecule has 0 bridgehead atoms. The Morgan fingerprint density at radius 3 is 2.17 bits per heavy atom. The monoisotopic (exact) mass is 484 g/mol. The fourth-order valence-electron chi connectivity index (χ4n) is 3.51. The smallest absolute Gasteiger partial charge is 0.416 e. The molecule has 0 aliphatic carbocycles. The topological polar surface area (TPSA) is 88.5 Å². The second-order valence-corrected chi connectivity index (χ2v) is 7.66. The lowest BCUT2D eigenvalue weighted by atomic mass is 10.1. The first-order valence-electron chi connectivity index (χ1n) is 10.7. The predicted octanol–water partition coefficient (Wildman–Crippen LogP) is 5.77. The molecular weight excluding hydrogens is 461 g/mol. The molecule has 35 heavy (non-hydrogen) atoms. The number of benzene rings is 3. The van der Waals surface area contributed by atoms with Crippen molar-refractivity contribution in [1.29, 1.82) is 0 Å². The molecule has 0 aliphatic rings. The Hall–Kier alpha value is -4.21. The number of fused-ring (bicyclic) bond motifs is 1. The number of phenols is 1. The Balaban J connectivity index is 1.64. The number of anilines is 3. The van der Waals surface area contributed by atoms with Crippen LogP contribution in [0.4, 0.5) is 30.6 Å². The minimum atomic E-state index is -4.41. The standard InChI is InChI=1S/C25H23F3N4O3/c1-34-21-13-19-20(14-22(21)35-2)31-24(30-17-7-5-16(6-8-17)25(26,27)28)32-23(19)29-12-11-15-3-9-18(33)10-4-15/h3-10,13-14,33H,11-12H2,1-2H3,(H2,29,30,31,32). The van der Waals surface area contributed by atoms with E-state index in [-0.39, 0.29) is 11.7 Å². The van der Waals surface area contributed by atoms with Gasteiger partial charge in [-0.15, -0.1) is 0 Å². The maximum absolute atomic E-state index is 12.9. The molecule has 0 fully saturated rings. The molecule has 3 aromatic carbocycles. The first kappa shape index (κ1) is 23.9. The van der Waals surface area contributed by atoms with Crippen LogP contribution < -0.4 is 20.1 Å². The molecule has 0 aliphatic heterocycles. The summed E-state index contributed by atoms with van der Waals surface area (Å²) in [5, 5.41) is 16.4. The number of hydrogen-bond donors (Lipinski definition) is 3. The molecule has 3 N–H and O–H groups in total. The number of hydrogen-bond acceptors (Lipinski definition) is 7. The largest absolute Gasteiger partial charge is 0.508 e. The third-order valence-electron chi connectivity index (χ3n) is 5.31. The van der Waals surface area contributed by atoms with Crippen LogP contribution in [0.1, 0.15) is 11.1 Å². The third kappa shape index (κ3) is 5.65. The molecule has 7 nitrogen and oxygen atoms in total. The zero-order valence-corrected chi connectivity index (χ0v) is 19.0. The zero-order valence-electron chi connectivity index (χ0n) is 19.0. The van der Waals surface area contributed by atoms with Gasteiger partial charge in [0, 0.05) is 23.7 Å². The highest BCUT2D eigenvalue weighted by atomic mass is 19.4. The van der Waals surface area contributed by atoms with Gasteiger partial charge < -0.3 is 25.2 Å². The van der Waals surface area contributed by atoms with E-state index in [4.69, 9.17) is 9.47 Å². The summed E-state index contributed by atoms with van der Waals surface area (Å²) >= 11 is 0. The van der Waals surface area contributed by atoms with Crippen molar-refractivity contribution in [3.8, 4) is 17.2 Å². The molecule has 0 atom stereocenters. The van der Waals surface area contributed by atoms with Gasteiger partial charge in [-0.3, -0.25) is 0 Å². The molecule has 0 saturated heterocycles. The Kier molecular flexibility index (Phi) is 6.81. The van der Waals surface area contributed by atoms with Crippen LogP contribution in [-0.2, 0) is 12.6 Å². The van der Waals surface area contributed by atoms with Crippen LogP contribution in [0.25, 0.3) is 10.9 Å². The van der Waals surface area contributed by atoms with Gasteiger partial charge in [0.05, 0.1) is 25.3 Å². The van der Waals surface area contributed by atoms with Gasteiger partial charge in [-0.2, -0.15) is 18.2 Å². The number of aromatic nitrogens is 2. The number of phenolic OH excluding ortho intramolecular Hbond substituents is 1. The van der Waals surface area contributed by atoms with Crippen LogP contribution in [0.3, 0.4) is 0 Å². The van der Waals surface area contributed by atoms with Crippen LogP contribution in [0.5, 0.6) is 17.2 Å². The molecule has 0 spiro atoms. The van der Waals surface area contributed by atoms with Crippen molar-refractivity contribution in [2.24, 2.45) is 0 Å². The quantitative estimate of drug-likeness (QED) is 0.293. The van der Waals surface area contributed by atoms with Crippen molar-refractivity contribution in [3.05, 3.63) is 71.8 Å². The van der Waals surface area contributed by atoms with E-state index in [9.17, 15) is 18.3 Å². The molecule has 0 amide bonds. The summed E-state index contributed by atoms with van der Waals surface area (Å²) in [4.78, 5) is 9.07. The van der Waals surface area contributed by atoms with Gasteiger partial charge in [0.15, 0.2) is 11.5 Å². The number of nitrogens with one attached hydrogen (secondary N) is 2. The van der Waals surface area contributed by atoms with Crippen LogP contribution in [-0.4, -0.2) is 35.8 Å². The molecule has 0 unspecified atom stereocenters. The molecule has 4 rings (SSSR count). The van der Waals surface area contributed by atoms with Crippen molar-refractivity contribution in [2.75, 3.05) is 31.4 Å². The maximum atomic E-state index is 12.9. The molecule has 182 valence electrons. The lowest BCUT2D eigenvalue weighted by molar-refractivity contribution is -0.137. The van der Waals surface area contributed by atoms with E-state index in [2.05, 4.69) is 20.6 Å². The number of halogens is 3. The fourth-order valence-corrected chi connectivity index (χ4v) is 3.51. The summed E-state index contributed by atoms with van der Waals surface area (Å²) in [6.07, 6.45) is -3.75. The highest BCUT2D eigenvalue weighted by molar-refractivity contribution is 5.93. The van der Waals surface area contributed by atoms with E-state index in [0.717, 1.165) is 17.7 Å². The minimum absolute atomic E-state index is 0.198. The van der Waals surface area contributed by atoms with Gasteiger partial charge in [0.1, 0.15) is 11.6 Å². The second kappa shape index (κ2) is 9.96. The van der Waals surface area contributed by atoms with Gasteiger partial charge in [-0.25, -0.2) is 4.98 Å². The number of ether oxygens (including phenoxy) is 2. The number of aromatic hydroxyl groups is 1. The van der Waals surface area contributed by atoms with Crippen molar-refractivity contribution in [2.45, 2.75) is 12.6 Å². The van der Waals surface area contributed by atoms with E-state index in [1.54, 1.807) is 24.3 Å². The first-order chi connectivity index (χ1) is 16.8. The number of methoxy groups -OCH3 is 2. The molecule has 0 radical (unpaired) electrons. The summed E-state index contributed by atoms with van der Waals surface area (Å²) < 4.78 is 49.4. The van der Waals surface area contributed by atoms with Crippen LogP contribution in [0.15, 0.2) is 60.7 Å². The van der Waals surface area contributed by atoms with Gasteiger partial charge in [-0.1, -0.05) is 12.1 Å². The van der Waals surface area contributed by atoms with Gasteiger partial charge in [-0.05, 0) is 54.4 Å².